The van der Waals surface area contributed by atoms with Crippen molar-refractivity contribution >= 4 is 11.7 Å². The van der Waals surface area contributed by atoms with Gasteiger partial charge in [0.15, 0.2) is 0 Å². The minimum atomic E-state index is -0.0581. The average molecular weight is 277 g/mol. The summed E-state index contributed by atoms with van der Waals surface area (Å²) in [4.78, 5) is 11.4. The summed E-state index contributed by atoms with van der Waals surface area (Å²) in [5.74, 6) is 0.357. The van der Waals surface area contributed by atoms with Gasteiger partial charge in [-0.3, -0.25) is 4.79 Å². The lowest BCUT2D eigenvalue weighted by Crippen LogP contribution is -2.09. The fraction of sp³-hybridized carbons (Fsp3) is 0.588. The van der Waals surface area contributed by atoms with E-state index in [0.29, 0.717) is 18.9 Å². The third-order valence-electron chi connectivity index (χ3n) is 3.15. The first kappa shape index (κ1) is 16.5. The van der Waals surface area contributed by atoms with Gasteiger partial charge in [-0.15, -0.1) is 0 Å². The Morgan fingerprint density at radius 2 is 1.75 bits per heavy atom. The monoisotopic (exact) mass is 277 g/mol. The molecule has 0 unspecified atom stereocenters. The second-order valence-corrected chi connectivity index (χ2v) is 5.73. The lowest BCUT2D eigenvalue weighted by molar-refractivity contribution is -0.144. The number of rotatable bonds is 9. The molecule has 0 atom stereocenters. The summed E-state index contributed by atoms with van der Waals surface area (Å²) >= 11 is 0. The van der Waals surface area contributed by atoms with Gasteiger partial charge in [-0.05, 0) is 42.9 Å². The fourth-order valence-corrected chi connectivity index (χ4v) is 1.97. The van der Waals surface area contributed by atoms with E-state index < -0.39 is 0 Å². The Hall–Kier alpha value is -1.51. The molecule has 1 rings (SSSR count). The van der Waals surface area contributed by atoms with Crippen LogP contribution in [0.5, 0.6) is 0 Å². The Morgan fingerprint density at radius 3 is 2.40 bits per heavy atom. The van der Waals surface area contributed by atoms with Gasteiger partial charge < -0.3 is 10.5 Å². The van der Waals surface area contributed by atoms with Crippen LogP contribution in [0.15, 0.2) is 24.3 Å². The van der Waals surface area contributed by atoms with Gasteiger partial charge in [0.2, 0.25) is 0 Å². The smallest absolute Gasteiger partial charge is 0.305 e. The van der Waals surface area contributed by atoms with Crippen LogP contribution in [0.25, 0.3) is 0 Å². The third-order valence-corrected chi connectivity index (χ3v) is 3.15. The van der Waals surface area contributed by atoms with Gasteiger partial charge in [-0.1, -0.05) is 38.8 Å². The number of nitrogen functional groups attached to an aromatic ring is 1. The van der Waals surface area contributed by atoms with Crippen molar-refractivity contribution in [2.24, 2.45) is 5.92 Å². The summed E-state index contributed by atoms with van der Waals surface area (Å²) in [6.45, 7) is 4.63. The predicted molar refractivity (Wildman–Crippen MR) is 83.4 cm³/mol. The Labute approximate surface area is 122 Å². The number of benzene rings is 1. The first-order valence-corrected chi connectivity index (χ1v) is 7.58. The third kappa shape index (κ3) is 7.82. The SMILES string of the molecule is CC(C)COC(=O)CCCCCCc1ccc(N)cc1. The summed E-state index contributed by atoms with van der Waals surface area (Å²) in [7, 11) is 0. The van der Waals surface area contributed by atoms with Crippen molar-refractivity contribution < 1.29 is 9.53 Å². The van der Waals surface area contributed by atoms with Gasteiger partial charge >= 0.3 is 5.97 Å². The highest BCUT2D eigenvalue weighted by molar-refractivity contribution is 5.69. The lowest BCUT2D eigenvalue weighted by atomic mass is 10.1. The van der Waals surface area contributed by atoms with Gasteiger partial charge in [0.05, 0.1) is 6.61 Å². The van der Waals surface area contributed by atoms with E-state index in [1.54, 1.807) is 0 Å². The maximum atomic E-state index is 11.4. The molecule has 0 heterocycles. The van der Waals surface area contributed by atoms with E-state index in [-0.39, 0.29) is 5.97 Å². The summed E-state index contributed by atoms with van der Waals surface area (Å²) in [5.41, 5.74) is 7.79. The van der Waals surface area contributed by atoms with Crippen LogP contribution >= 0.6 is 0 Å². The molecule has 0 saturated heterocycles. The van der Waals surface area contributed by atoms with E-state index in [2.05, 4.69) is 12.1 Å². The quantitative estimate of drug-likeness (QED) is 0.422. The maximum absolute atomic E-state index is 11.4. The van der Waals surface area contributed by atoms with Crippen LogP contribution in [0.4, 0.5) is 5.69 Å². The van der Waals surface area contributed by atoms with E-state index >= 15 is 0 Å². The zero-order valence-electron chi connectivity index (χ0n) is 12.7. The zero-order chi connectivity index (χ0) is 14.8. The van der Waals surface area contributed by atoms with Gasteiger partial charge in [-0.25, -0.2) is 0 Å². The molecule has 3 heteroatoms. The molecular weight excluding hydrogens is 250 g/mol. The Bertz CT molecular complexity index is 384. The zero-order valence-corrected chi connectivity index (χ0v) is 12.7. The van der Waals surface area contributed by atoms with Crippen LogP contribution in [0.3, 0.4) is 0 Å². The van der Waals surface area contributed by atoms with Crippen LogP contribution in [-0.2, 0) is 16.0 Å². The molecule has 3 nitrogen and oxygen atoms in total. The topological polar surface area (TPSA) is 52.3 Å². The number of ether oxygens (including phenoxy) is 1. The van der Waals surface area contributed by atoms with Crippen molar-refractivity contribution in [1.29, 1.82) is 0 Å². The van der Waals surface area contributed by atoms with Gasteiger partial charge in [0.25, 0.3) is 0 Å². The molecule has 0 amide bonds. The molecule has 0 aliphatic carbocycles. The summed E-state index contributed by atoms with van der Waals surface area (Å²) in [6, 6.07) is 8.05. The van der Waals surface area contributed by atoms with Crippen molar-refractivity contribution in [2.75, 3.05) is 12.3 Å². The van der Waals surface area contributed by atoms with Gasteiger partial charge in [0.1, 0.15) is 0 Å². The fourth-order valence-electron chi connectivity index (χ4n) is 1.97. The van der Waals surface area contributed by atoms with E-state index in [0.717, 1.165) is 37.8 Å². The van der Waals surface area contributed by atoms with Crippen molar-refractivity contribution in [2.45, 2.75) is 52.4 Å². The normalized spacial score (nSPS) is 10.8. The molecular formula is C17H27NO2. The standard InChI is InChI=1S/C17H27NO2/c1-14(2)13-20-17(19)8-6-4-3-5-7-15-9-11-16(18)12-10-15/h9-12,14H,3-8,13,18H2,1-2H3. The second kappa shape index (κ2) is 9.40. The van der Waals surface area contributed by atoms with Crippen molar-refractivity contribution in [3.05, 3.63) is 29.8 Å². The van der Waals surface area contributed by atoms with Crippen molar-refractivity contribution in [3.8, 4) is 0 Å². The Morgan fingerprint density at radius 1 is 1.10 bits per heavy atom. The second-order valence-electron chi connectivity index (χ2n) is 5.73. The first-order chi connectivity index (χ1) is 9.58. The molecule has 0 radical (unpaired) electrons. The molecule has 0 aliphatic heterocycles. The number of anilines is 1. The van der Waals surface area contributed by atoms with Crippen LogP contribution in [0.1, 0.15) is 51.5 Å². The number of esters is 1. The largest absolute Gasteiger partial charge is 0.465 e. The molecule has 0 bridgehead atoms. The highest BCUT2D eigenvalue weighted by Gasteiger charge is 2.03. The Balaban J connectivity index is 1.99. The predicted octanol–water partition coefficient (Wildman–Crippen LogP) is 3.96. The number of aryl methyl sites for hydroxylation is 1. The number of carbonyl (C=O) groups excluding carboxylic acids is 1. The van der Waals surface area contributed by atoms with Crippen LogP contribution in [0.2, 0.25) is 0 Å². The van der Waals surface area contributed by atoms with Gasteiger partial charge in [-0.2, -0.15) is 0 Å². The first-order valence-electron chi connectivity index (χ1n) is 7.58. The molecule has 0 saturated carbocycles. The molecule has 0 fully saturated rings. The maximum Gasteiger partial charge on any atom is 0.305 e. The highest BCUT2D eigenvalue weighted by Crippen LogP contribution is 2.11. The highest BCUT2D eigenvalue weighted by atomic mass is 16.5. The summed E-state index contributed by atoms with van der Waals surface area (Å²) < 4.78 is 5.14. The number of unbranched alkanes of at least 4 members (excludes halogenated alkanes) is 3. The van der Waals surface area contributed by atoms with E-state index in [4.69, 9.17) is 10.5 Å². The van der Waals surface area contributed by atoms with E-state index in [9.17, 15) is 4.79 Å². The summed E-state index contributed by atoms with van der Waals surface area (Å²) in [6.07, 6.45) is 5.96. The summed E-state index contributed by atoms with van der Waals surface area (Å²) in [5, 5.41) is 0. The van der Waals surface area contributed by atoms with Crippen LogP contribution in [-0.4, -0.2) is 12.6 Å². The number of hydrogen-bond donors (Lipinski definition) is 1. The molecule has 20 heavy (non-hydrogen) atoms. The number of carbonyl (C=O) groups is 1. The molecule has 112 valence electrons. The van der Waals surface area contributed by atoms with Crippen LogP contribution < -0.4 is 5.73 Å². The van der Waals surface area contributed by atoms with Crippen LogP contribution in [0, 0.1) is 5.92 Å². The molecule has 1 aromatic rings. The minimum Gasteiger partial charge on any atom is -0.465 e. The number of hydrogen-bond acceptors (Lipinski definition) is 3. The van der Waals surface area contributed by atoms with Crippen molar-refractivity contribution in [3.63, 3.8) is 0 Å². The van der Waals surface area contributed by atoms with E-state index in [1.165, 1.54) is 5.56 Å². The van der Waals surface area contributed by atoms with E-state index in [1.807, 2.05) is 26.0 Å². The molecule has 1 aromatic carbocycles. The molecule has 0 aliphatic rings. The Kier molecular flexibility index (Phi) is 7.78. The van der Waals surface area contributed by atoms with Gasteiger partial charge in [0, 0.05) is 12.1 Å². The number of nitrogens with two attached hydrogens (primary N) is 1. The molecule has 0 aromatic heterocycles. The van der Waals surface area contributed by atoms with Crippen molar-refractivity contribution in [1.82, 2.24) is 0 Å². The average Bonchev–Trinajstić information content (AvgIpc) is 2.42. The molecule has 2 N–H and O–H groups in total. The lowest BCUT2D eigenvalue weighted by Gasteiger charge is -2.07. The molecule has 0 spiro atoms. The minimum absolute atomic E-state index is 0.0581.